The number of nitrogens with one attached hydrogen (secondary N) is 2. The molecule has 2 N–H and O–H groups in total. The summed E-state index contributed by atoms with van der Waals surface area (Å²) in [6.45, 7) is 3.82. The van der Waals surface area contributed by atoms with E-state index in [4.69, 9.17) is 42.4 Å². The number of halogens is 2. The third-order valence-corrected chi connectivity index (χ3v) is 8.22. The maximum atomic E-state index is 12.9. The highest BCUT2D eigenvalue weighted by Gasteiger charge is 2.34. The van der Waals surface area contributed by atoms with Crippen LogP contribution in [0.15, 0.2) is 12.4 Å². The van der Waals surface area contributed by atoms with Crippen LogP contribution in [0.5, 0.6) is 0 Å². The molecule has 0 spiro atoms. The number of carbonyl (C=O) groups is 2. The number of methoxy groups -OCH3 is 3. The van der Waals surface area contributed by atoms with E-state index in [1.807, 2.05) is 15.7 Å². The molecule has 0 aliphatic carbocycles. The van der Waals surface area contributed by atoms with E-state index in [0.29, 0.717) is 64.9 Å². The lowest BCUT2D eigenvalue weighted by molar-refractivity contribution is 0.0540. The number of piperidine rings is 1. The number of anilines is 1. The minimum Gasteiger partial charge on any atom is -0.465 e. The van der Waals surface area contributed by atoms with Crippen LogP contribution < -0.4 is 10.2 Å². The summed E-state index contributed by atoms with van der Waals surface area (Å²) >= 11 is 13.6. The van der Waals surface area contributed by atoms with E-state index < -0.39 is 5.97 Å². The Morgan fingerprint density at radius 2 is 2.05 bits per heavy atom. The average molecular weight is 571 g/mol. The topological polar surface area (TPSA) is 124 Å². The molecule has 1 aliphatic rings. The number of aromatic nitrogens is 4. The van der Waals surface area contributed by atoms with Gasteiger partial charge in [-0.05, 0) is 13.3 Å². The number of carbonyl (C=O) groups excluding carboxylic acids is 2. The first-order valence-corrected chi connectivity index (χ1v) is 13.1. The average Bonchev–Trinajstić information content (AvgIpc) is 3.61. The van der Waals surface area contributed by atoms with Crippen molar-refractivity contribution in [3.63, 3.8) is 0 Å². The highest BCUT2D eigenvalue weighted by atomic mass is 35.5. The summed E-state index contributed by atoms with van der Waals surface area (Å²) in [4.78, 5) is 40.0. The van der Waals surface area contributed by atoms with E-state index in [9.17, 15) is 9.59 Å². The number of aryl methyl sites for hydroxylation is 1. The highest BCUT2D eigenvalue weighted by molar-refractivity contribution is 7.17. The zero-order chi connectivity index (χ0) is 26.7. The second kappa shape index (κ2) is 11.8. The van der Waals surface area contributed by atoms with Gasteiger partial charge in [0.25, 0.3) is 5.91 Å². The molecular weight excluding hydrogens is 543 g/mol. The van der Waals surface area contributed by atoms with Crippen molar-refractivity contribution in [1.82, 2.24) is 24.8 Å². The van der Waals surface area contributed by atoms with Gasteiger partial charge >= 0.3 is 5.97 Å². The van der Waals surface area contributed by atoms with Crippen molar-refractivity contribution in [2.75, 3.05) is 45.9 Å². The lowest BCUT2D eigenvalue weighted by Gasteiger charge is -2.37. The van der Waals surface area contributed by atoms with Gasteiger partial charge in [0.05, 0.1) is 35.9 Å². The van der Waals surface area contributed by atoms with Crippen molar-refractivity contribution in [1.29, 1.82) is 0 Å². The Morgan fingerprint density at radius 3 is 2.70 bits per heavy atom. The highest BCUT2D eigenvalue weighted by Crippen LogP contribution is 2.35. The summed E-state index contributed by atoms with van der Waals surface area (Å²) in [7, 11) is 4.55. The maximum Gasteiger partial charge on any atom is 0.350 e. The Labute approximate surface area is 228 Å². The number of amides is 1. The van der Waals surface area contributed by atoms with E-state index in [1.165, 1.54) is 18.4 Å². The number of imidazole rings is 1. The molecule has 1 amide bonds. The Hall–Kier alpha value is -2.64. The second-order valence-corrected chi connectivity index (χ2v) is 10.2. The van der Waals surface area contributed by atoms with Crippen LogP contribution in [0, 0.1) is 6.92 Å². The summed E-state index contributed by atoms with van der Waals surface area (Å²) in [6, 6.07) is -0.264. The van der Waals surface area contributed by atoms with Gasteiger partial charge in [-0.3, -0.25) is 4.79 Å². The molecule has 3 aromatic heterocycles. The van der Waals surface area contributed by atoms with Crippen LogP contribution in [0.25, 0.3) is 11.5 Å². The van der Waals surface area contributed by atoms with E-state index >= 15 is 0 Å². The molecule has 0 unspecified atom stereocenters. The van der Waals surface area contributed by atoms with E-state index in [1.54, 1.807) is 27.3 Å². The normalized spacial score (nSPS) is 17.7. The fraction of sp³-hybridized carbons (Fsp3) is 0.478. The summed E-state index contributed by atoms with van der Waals surface area (Å²) in [6.07, 6.45) is 3.72. The van der Waals surface area contributed by atoms with Gasteiger partial charge in [-0.25, -0.2) is 14.8 Å². The second-order valence-electron chi connectivity index (χ2n) is 8.44. The monoisotopic (exact) mass is 570 g/mol. The molecular formula is C23H28Cl2N6O5S. The van der Waals surface area contributed by atoms with Gasteiger partial charge < -0.3 is 34.0 Å². The van der Waals surface area contributed by atoms with Crippen LogP contribution in [0.2, 0.25) is 10.0 Å². The first-order valence-electron chi connectivity index (χ1n) is 11.5. The molecule has 2 atom stereocenters. The van der Waals surface area contributed by atoms with Crippen LogP contribution in [-0.2, 0) is 20.8 Å². The molecule has 3 aromatic rings. The Balaban J connectivity index is 1.54. The summed E-state index contributed by atoms with van der Waals surface area (Å²) in [5.74, 6) is -0.280. The number of thiazole rings is 1. The third-order valence-electron chi connectivity index (χ3n) is 6.18. The number of ether oxygens (including phenoxy) is 3. The van der Waals surface area contributed by atoms with E-state index in [-0.39, 0.29) is 28.8 Å². The molecule has 1 saturated heterocycles. The molecule has 11 nitrogen and oxygen atoms in total. The number of nitrogens with zero attached hydrogens (tertiary/aromatic N) is 4. The molecule has 200 valence electrons. The molecule has 37 heavy (non-hydrogen) atoms. The zero-order valence-corrected chi connectivity index (χ0v) is 23.2. The first-order chi connectivity index (χ1) is 17.8. The largest absolute Gasteiger partial charge is 0.465 e. The maximum absolute atomic E-state index is 12.9. The number of hydrogen-bond acceptors (Lipinski definition) is 9. The summed E-state index contributed by atoms with van der Waals surface area (Å²) in [5, 5.41) is 4.16. The predicted molar refractivity (Wildman–Crippen MR) is 141 cm³/mol. The van der Waals surface area contributed by atoms with Crippen LogP contribution >= 0.6 is 34.5 Å². The Kier molecular flexibility index (Phi) is 8.75. The number of rotatable bonds is 9. The lowest BCUT2D eigenvalue weighted by Crippen LogP contribution is -2.55. The van der Waals surface area contributed by atoms with Gasteiger partial charge in [-0.1, -0.05) is 34.5 Å². The van der Waals surface area contributed by atoms with Gasteiger partial charge in [-0.15, -0.1) is 0 Å². The van der Waals surface area contributed by atoms with Gasteiger partial charge in [0.1, 0.15) is 16.3 Å². The van der Waals surface area contributed by atoms with Crippen molar-refractivity contribution >= 4 is 51.5 Å². The molecule has 4 heterocycles. The number of aromatic amines is 1. The minimum absolute atomic E-state index is 0.192. The zero-order valence-electron chi connectivity index (χ0n) is 20.8. The van der Waals surface area contributed by atoms with Crippen molar-refractivity contribution < 1.29 is 23.8 Å². The van der Waals surface area contributed by atoms with Crippen molar-refractivity contribution in [2.24, 2.45) is 0 Å². The quantitative estimate of drug-likeness (QED) is 0.375. The van der Waals surface area contributed by atoms with Gasteiger partial charge in [0.2, 0.25) is 0 Å². The third kappa shape index (κ3) is 5.63. The van der Waals surface area contributed by atoms with Gasteiger partial charge in [0, 0.05) is 51.9 Å². The molecule has 0 radical (unpaired) electrons. The first kappa shape index (κ1) is 27.4. The Bertz CT molecular complexity index is 1270. The van der Waals surface area contributed by atoms with E-state index in [0.717, 1.165) is 0 Å². The summed E-state index contributed by atoms with van der Waals surface area (Å²) in [5.41, 5.74) is 1.29. The fourth-order valence-electron chi connectivity index (χ4n) is 4.19. The molecule has 0 saturated carbocycles. The smallest absolute Gasteiger partial charge is 0.350 e. The minimum atomic E-state index is -0.484. The van der Waals surface area contributed by atoms with Crippen LogP contribution in [-0.4, -0.2) is 84.6 Å². The predicted octanol–water partition coefficient (Wildman–Crippen LogP) is 3.41. The Morgan fingerprint density at radius 1 is 1.27 bits per heavy atom. The summed E-state index contributed by atoms with van der Waals surface area (Å²) < 4.78 is 17.8. The molecule has 4 rings (SSSR count). The van der Waals surface area contributed by atoms with Gasteiger partial charge in [0.15, 0.2) is 11.0 Å². The van der Waals surface area contributed by atoms with Crippen molar-refractivity contribution in [3.05, 3.63) is 38.7 Å². The number of esters is 1. The molecule has 0 bridgehead atoms. The lowest BCUT2D eigenvalue weighted by atomic mass is 10.0. The fourth-order valence-corrected chi connectivity index (χ4v) is 5.62. The molecule has 14 heteroatoms. The molecule has 1 fully saturated rings. The molecule has 1 aliphatic heterocycles. The van der Waals surface area contributed by atoms with Crippen LogP contribution in [0.4, 0.5) is 5.13 Å². The molecule has 0 aromatic carbocycles. The van der Waals surface area contributed by atoms with Gasteiger partial charge in [-0.2, -0.15) is 0 Å². The number of hydrogen-bond donors (Lipinski definition) is 2. The van der Waals surface area contributed by atoms with Crippen molar-refractivity contribution in [3.8, 4) is 11.5 Å². The van der Waals surface area contributed by atoms with Crippen LogP contribution in [0.1, 0.15) is 32.3 Å². The van der Waals surface area contributed by atoms with Crippen LogP contribution in [0.3, 0.4) is 0 Å². The number of H-pyrrole nitrogens is 1. The van der Waals surface area contributed by atoms with Crippen molar-refractivity contribution in [2.45, 2.75) is 32.0 Å². The SMILES string of the molecule is COCCn1ccnc1-c1nc(N2CC[C@@H](NC(=O)c3[nH]c(C)c(Cl)c3Cl)[C@@H](OC)C2)sc1C(=O)OC. The standard InChI is InChI=1S/C23H28Cl2N6O5S/c1-12-15(24)16(25)17(27-12)21(32)28-13-5-7-31(11-14(13)35-3)23-29-18(19(37-23)22(33)36-4)20-26-6-8-30(20)9-10-34-2/h6,8,13-14,27H,5,7,9-11H2,1-4H3,(H,28,32)/t13-,14+/m1/s1. The van der Waals surface area contributed by atoms with E-state index in [2.05, 4.69) is 15.3 Å².